The van der Waals surface area contributed by atoms with Crippen LogP contribution in [0.2, 0.25) is 0 Å². The van der Waals surface area contributed by atoms with Crippen LogP contribution in [0.1, 0.15) is 5.56 Å². The largest absolute Gasteiger partial charge is 0.326 e. The summed E-state index contributed by atoms with van der Waals surface area (Å²) < 4.78 is 14.6. The van der Waals surface area contributed by atoms with Gasteiger partial charge in [-0.2, -0.15) is 0 Å². The number of carbonyl (C=O) groups is 1. The first-order valence-electron chi connectivity index (χ1n) is 5.54. The second kappa shape index (κ2) is 6.30. The molecule has 0 aromatic heterocycles. The SMILES string of the molecule is O=C(Cc1ccc(Br)cc1)Nc1ccc(Br)c(F)c1. The number of hydrogen-bond donors (Lipinski definition) is 1. The van der Waals surface area contributed by atoms with Gasteiger partial charge in [-0.1, -0.05) is 28.1 Å². The van der Waals surface area contributed by atoms with Gasteiger partial charge in [0.25, 0.3) is 0 Å². The molecular weight excluding hydrogens is 377 g/mol. The van der Waals surface area contributed by atoms with Crippen molar-refractivity contribution in [2.24, 2.45) is 0 Å². The first kappa shape index (κ1) is 14.2. The first-order chi connectivity index (χ1) is 9.04. The van der Waals surface area contributed by atoms with E-state index < -0.39 is 5.82 Å². The standard InChI is InChI=1S/C14H10Br2FNO/c15-10-3-1-9(2-4-10)7-14(19)18-11-5-6-12(16)13(17)8-11/h1-6,8H,7H2,(H,18,19). The van der Waals surface area contributed by atoms with Crippen molar-refractivity contribution < 1.29 is 9.18 Å². The fourth-order valence-corrected chi connectivity index (χ4v) is 2.08. The molecule has 0 atom stereocenters. The Morgan fingerprint density at radius 3 is 2.42 bits per heavy atom. The Kier molecular flexibility index (Phi) is 4.71. The Hall–Kier alpha value is -1.20. The van der Waals surface area contributed by atoms with Gasteiger partial charge in [-0.15, -0.1) is 0 Å². The summed E-state index contributed by atoms with van der Waals surface area (Å²) in [6.45, 7) is 0. The second-order valence-electron chi connectivity index (χ2n) is 3.98. The molecule has 1 N–H and O–H groups in total. The molecule has 0 unspecified atom stereocenters. The summed E-state index contributed by atoms with van der Waals surface area (Å²) in [4.78, 5) is 11.8. The van der Waals surface area contributed by atoms with Crippen molar-refractivity contribution in [3.05, 3.63) is 62.8 Å². The van der Waals surface area contributed by atoms with E-state index in [4.69, 9.17) is 0 Å². The predicted molar refractivity (Wildman–Crippen MR) is 80.6 cm³/mol. The summed E-state index contributed by atoms with van der Waals surface area (Å²) in [6, 6.07) is 12.0. The molecule has 0 saturated heterocycles. The van der Waals surface area contributed by atoms with Crippen molar-refractivity contribution in [2.75, 3.05) is 5.32 Å². The summed E-state index contributed by atoms with van der Waals surface area (Å²) >= 11 is 6.40. The van der Waals surface area contributed by atoms with Gasteiger partial charge in [0, 0.05) is 10.2 Å². The molecule has 0 radical (unpaired) electrons. The monoisotopic (exact) mass is 385 g/mol. The molecule has 98 valence electrons. The third kappa shape index (κ3) is 4.14. The summed E-state index contributed by atoms with van der Waals surface area (Å²) in [6.07, 6.45) is 0.255. The Bertz CT molecular complexity index is 599. The van der Waals surface area contributed by atoms with Gasteiger partial charge in [0.05, 0.1) is 10.9 Å². The van der Waals surface area contributed by atoms with Gasteiger partial charge in [0.1, 0.15) is 5.82 Å². The van der Waals surface area contributed by atoms with Gasteiger partial charge < -0.3 is 5.32 Å². The summed E-state index contributed by atoms with van der Waals surface area (Å²) in [5.74, 6) is -0.578. The van der Waals surface area contributed by atoms with Gasteiger partial charge in [-0.3, -0.25) is 4.79 Å². The second-order valence-corrected chi connectivity index (χ2v) is 5.75. The van der Waals surface area contributed by atoms with E-state index >= 15 is 0 Å². The van der Waals surface area contributed by atoms with E-state index in [1.807, 2.05) is 24.3 Å². The normalized spacial score (nSPS) is 10.3. The highest BCUT2D eigenvalue weighted by molar-refractivity contribution is 9.10. The zero-order valence-corrected chi connectivity index (χ0v) is 13.0. The maximum absolute atomic E-state index is 13.3. The van der Waals surface area contributed by atoms with Crippen molar-refractivity contribution in [3.63, 3.8) is 0 Å². The number of hydrogen-bond acceptors (Lipinski definition) is 1. The Morgan fingerprint density at radius 2 is 1.79 bits per heavy atom. The molecule has 2 aromatic rings. The van der Waals surface area contributed by atoms with Crippen LogP contribution >= 0.6 is 31.9 Å². The van der Waals surface area contributed by atoms with E-state index in [1.54, 1.807) is 12.1 Å². The molecule has 2 nitrogen and oxygen atoms in total. The first-order valence-corrected chi connectivity index (χ1v) is 7.12. The molecular formula is C14H10Br2FNO. The average Bonchev–Trinajstić information content (AvgIpc) is 2.37. The van der Waals surface area contributed by atoms with Crippen LogP contribution in [0.5, 0.6) is 0 Å². The third-order valence-electron chi connectivity index (χ3n) is 2.48. The van der Waals surface area contributed by atoms with Gasteiger partial charge >= 0.3 is 0 Å². The van der Waals surface area contributed by atoms with Gasteiger partial charge in [-0.25, -0.2) is 4.39 Å². The zero-order valence-electron chi connectivity index (χ0n) is 9.79. The minimum Gasteiger partial charge on any atom is -0.326 e. The van der Waals surface area contributed by atoms with Crippen LogP contribution in [0.15, 0.2) is 51.4 Å². The lowest BCUT2D eigenvalue weighted by Crippen LogP contribution is -2.14. The number of anilines is 1. The van der Waals surface area contributed by atoms with E-state index in [-0.39, 0.29) is 12.3 Å². The number of nitrogens with one attached hydrogen (secondary N) is 1. The number of rotatable bonds is 3. The maximum Gasteiger partial charge on any atom is 0.228 e. The average molecular weight is 387 g/mol. The number of carbonyl (C=O) groups excluding carboxylic acids is 1. The molecule has 0 saturated carbocycles. The van der Waals surface area contributed by atoms with Crippen LogP contribution in [0.3, 0.4) is 0 Å². The Balaban J connectivity index is 2.01. The molecule has 0 spiro atoms. The lowest BCUT2D eigenvalue weighted by atomic mass is 10.1. The van der Waals surface area contributed by atoms with Crippen LogP contribution in [0, 0.1) is 5.82 Å². The van der Waals surface area contributed by atoms with Crippen molar-refractivity contribution in [1.29, 1.82) is 0 Å². The molecule has 0 aliphatic rings. The maximum atomic E-state index is 13.3. The highest BCUT2D eigenvalue weighted by atomic mass is 79.9. The quantitative estimate of drug-likeness (QED) is 0.824. The van der Waals surface area contributed by atoms with Gasteiger partial charge in [-0.05, 0) is 51.8 Å². The number of halogens is 3. The molecule has 0 aliphatic heterocycles. The van der Waals surface area contributed by atoms with Crippen LogP contribution in [0.4, 0.5) is 10.1 Å². The van der Waals surface area contributed by atoms with E-state index in [1.165, 1.54) is 6.07 Å². The molecule has 0 heterocycles. The van der Waals surface area contributed by atoms with Crippen LogP contribution in [-0.4, -0.2) is 5.91 Å². The minimum atomic E-state index is -0.401. The fourth-order valence-electron chi connectivity index (χ4n) is 1.57. The highest BCUT2D eigenvalue weighted by Gasteiger charge is 2.06. The number of amides is 1. The van der Waals surface area contributed by atoms with Gasteiger partial charge in [0.15, 0.2) is 0 Å². The topological polar surface area (TPSA) is 29.1 Å². The summed E-state index contributed by atoms with van der Waals surface area (Å²) in [5.41, 5.74) is 1.35. The number of benzene rings is 2. The molecule has 0 bridgehead atoms. The lowest BCUT2D eigenvalue weighted by Gasteiger charge is -2.06. The molecule has 0 aliphatic carbocycles. The molecule has 19 heavy (non-hydrogen) atoms. The molecule has 2 rings (SSSR count). The Morgan fingerprint density at radius 1 is 1.11 bits per heavy atom. The molecule has 1 amide bonds. The highest BCUT2D eigenvalue weighted by Crippen LogP contribution is 2.19. The predicted octanol–water partition coefficient (Wildman–Crippen LogP) is 4.53. The van der Waals surface area contributed by atoms with E-state index in [9.17, 15) is 9.18 Å². The van der Waals surface area contributed by atoms with Crippen molar-refractivity contribution in [3.8, 4) is 0 Å². The van der Waals surface area contributed by atoms with Crippen molar-refractivity contribution >= 4 is 43.5 Å². The minimum absolute atomic E-state index is 0.177. The third-order valence-corrected chi connectivity index (χ3v) is 3.65. The van der Waals surface area contributed by atoms with E-state index in [0.717, 1.165) is 10.0 Å². The lowest BCUT2D eigenvalue weighted by molar-refractivity contribution is -0.115. The smallest absolute Gasteiger partial charge is 0.228 e. The zero-order chi connectivity index (χ0) is 13.8. The summed E-state index contributed by atoms with van der Waals surface area (Å²) in [5, 5.41) is 2.66. The Labute approximate surface area is 127 Å². The van der Waals surface area contributed by atoms with Crippen LogP contribution in [0.25, 0.3) is 0 Å². The summed E-state index contributed by atoms with van der Waals surface area (Å²) in [7, 11) is 0. The van der Waals surface area contributed by atoms with Crippen LogP contribution < -0.4 is 5.32 Å². The molecule has 5 heteroatoms. The van der Waals surface area contributed by atoms with E-state index in [2.05, 4.69) is 37.2 Å². The van der Waals surface area contributed by atoms with Crippen molar-refractivity contribution in [2.45, 2.75) is 6.42 Å². The fraction of sp³-hybridized carbons (Fsp3) is 0.0714. The molecule has 2 aromatic carbocycles. The van der Waals surface area contributed by atoms with E-state index in [0.29, 0.717) is 10.2 Å². The van der Waals surface area contributed by atoms with Crippen molar-refractivity contribution in [1.82, 2.24) is 0 Å². The van der Waals surface area contributed by atoms with Crippen LogP contribution in [-0.2, 0) is 11.2 Å². The van der Waals surface area contributed by atoms with Gasteiger partial charge in [0.2, 0.25) is 5.91 Å². The molecule has 0 fully saturated rings.